The van der Waals surface area contributed by atoms with E-state index in [2.05, 4.69) is 5.32 Å². The van der Waals surface area contributed by atoms with Crippen molar-refractivity contribution in [1.29, 1.82) is 0 Å². The number of carbonyl (C=O) groups excluding carboxylic acids is 1. The Balaban J connectivity index is 1.70. The van der Waals surface area contributed by atoms with E-state index in [4.69, 9.17) is 4.74 Å². The smallest absolute Gasteiger partial charge is 0.418 e. The first-order valence-corrected chi connectivity index (χ1v) is 9.37. The van der Waals surface area contributed by atoms with Crippen molar-refractivity contribution in [3.05, 3.63) is 81.0 Å². The lowest BCUT2D eigenvalue weighted by Crippen LogP contribution is -2.15. The third kappa shape index (κ3) is 4.54. The number of nitrogens with one attached hydrogen (secondary N) is 1. The molecule has 3 aromatic rings. The summed E-state index contributed by atoms with van der Waals surface area (Å²) in [7, 11) is 0. The lowest BCUT2D eigenvalue weighted by atomic mass is 10.1. The molecule has 1 N–H and O–H groups in total. The van der Waals surface area contributed by atoms with Crippen LogP contribution in [0.15, 0.2) is 53.9 Å². The van der Waals surface area contributed by atoms with Crippen LogP contribution in [0.3, 0.4) is 0 Å². The zero-order chi connectivity index (χ0) is 20.3. The molecule has 0 fully saturated rings. The first-order chi connectivity index (χ1) is 13.3. The molecule has 0 spiro atoms. The van der Waals surface area contributed by atoms with Crippen molar-refractivity contribution in [2.24, 2.45) is 0 Å². The summed E-state index contributed by atoms with van der Waals surface area (Å²) in [6.07, 6.45) is -4.54. The van der Waals surface area contributed by atoms with E-state index in [1.54, 1.807) is 11.4 Å². The largest absolute Gasteiger partial charge is 0.488 e. The Morgan fingerprint density at radius 3 is 2.43 bits per heavy atom. The third-order valence-electron chi connectivity index (χ3n) is 4.15. The minimum Gasteiger partial charge on any atom is -0.488 e. The van der Waals surface area contributed by atoms with Crippen LogP contribution in [-0.4, -0.2) is 5.91 Å². The van der Waals surface area contributed by atoms with E-state index in [0.717, 1.165) is 39.8 Å². The van der Waals surface area contributed by atoms with Crippen LogP contribution in [0.2, 0.25) is 0 Å². The monoisotopic (exact) mass is 405 g/mol. The van der Waals surface area contributed by atoms with Gasteiger partial charge in [-0.3, -0.25) is 4.79 Å². The van der Waals surface area contributed by atoms with E-state index in [1.165, 1.54) is 18.2 Å². The number of carbonyl (C=O) groups is 1. The molecule has 0 unspecified atom stereocenters. The van der Waals surface area contributed by atoms with Gasteiger partial charge in [0.15, 0.2) is 0 Å². The Kier molecular flexibility index (Phi) is 5.74. The van der Waals surface area contributed by atoms with Crippen LogP contribution in [0.4, 0.5) is 18.9 Å². The summed E-state index contributed by atoms with van der Waals surface area (Å²) < 4.78 is 45.1. The number of aryl methyl sites for hydroxylation is 2. The average Bonchev–Trinajstić information content (AvgIpc) is 3.10. The third-order valence-corrected chi connectivity index (χ3v) is 5.13. The molecule has 28 heavy (non-hydrogen) atoms. The number of amides is 1. The summed E-state index contributed by atoms with van der Waals surface area (Å²) >= 11 is 1.16. The van der Waals surface area contributed by atoms with Crippen molar-refractivity contribution in [2.75, 3.05) is 5.32 Å². The summed E-state index contributed by atoms with van der Waals surface area (Å²) in [5, 5.41) is 4.11. The van der Waals surface area contributed by atoms with Crippen molar-refractivity contribution in [3.8, 4) is 5.75 Å². The van der Waals surface area contributed by atoms with Gasteiger partial charge in [0.05, 0.1) is 16.1 Å². The van der Waals surface area contributed by atoms with Gasteiger partial charge < -0.3 is 10.1 Å². The highest BCUT2D eigenvalue weighted by molar-refractivity contribution is 7.12. The van der Waals surface area contributed by atoms with Crippen molar-refractivity contribution >= 4 is 22.9 Å². The molecule has 3 rings (SSSR count). The average molecular weight is 405 g/mol. The zero-order valence-electron chi connectivity index (χ0n) is 15.3. The van der Waals surface area contributed by atoms with Crippen LogP contribution in [0.1, 0.15) is 31.9 Å². The Bertz CT molecular complexity index is 975. The lowest BCUT2D eigenvalue weighted by Gasteiger charge is -2.13. The normalized spacial score (nSPS) is 11.3. The van der Waals surface area contributed by atoms with E-state index < -0.39 is 17.6 Å². The highest BCUT2D eigenvalue weighted by Crippen LogP contribution is 2.35. The van der Waals surface area contributed by atoms with Gasteiger partial charge >= 0.3 is 6.18 Å². The van der Waals surface area contributed by atoms with Crippen LogP contribution >= 0.6 is 11.3 Å². The number of hydrogen-bond donors (Lipinski definition) is 1. The van der Waals surface area contributed by atoms with Crippen molar-refractivity contribution in [2.45, 2.75) is 26.6 Å². The molecule has 1 amide bonds. The number of ether oxygens (including phenoxy) is 1. The highest BCUT2D eigenvalue weighted by atomic mass is 32.1. The summed E-state index contributed by atoms with van der Waals surface area (Å²) in [5.41, 5.74) is 1.66. The maximum Gasteiger partial charge on any atom is 0.418 e. The van der Waals surface area contributed by atoms with Gasteiger partial charge in [-0.15, -0.1) is 11.3 Å². The van der Waals surface area contributed by atoms with Gasteiger partial charge in [0, 0.05) is 5.56 Å². The Labute approximate surface area is 164 Å². The predicted octanol–water partition coefficient (Wildman–Crippen LogP) is 6.22. The second-order valence-corrected chi connectivity index (χ2v) is 7.24. The predicted molar refractivity (Wildman–Crippen MR) is 104 cm³/mol. The second-order valence-electron chi connectivity index (χ2n) is 6.33. The Morgan fingerprint density at radius 1 is 1.07 bits per heavy atom. The fourth-order valence-electron chi connectivity index (χ4n) is 2.78. The number of para-hydroxylation sites is 2. The van der Waals surface area contributed by atoms with Gasteiger partial charge in [0.2, 0.25) is 0 Å². The molecule has 0 aliphatic carbocycles. The lowest BCUT2D eigenvalue weighted by molar-refractivity contribution is -0.136. The van der Waals surface area contributed by atoms with E-state index >= 15 is 0 Å². The standard InChI is InChI=1S/C21H18F3NO2S/c1-13-6-5-7-14(2)19(13)27-11-15-10-18(28-12-15)20(26)25-17-9-4-3-8-16(17)21(22,23)24/h3-10,12H,11H2,1-2H3,(H,25,26). The fraction of sp³-hybridized carbons (Fsp3) is 0.190. The number of benzene rings is 2. The Hall–Kier alpha value is -2.80. The van der Waals surface area contributed by atoms with Gasteiger partial charge in [0.1, 0.15) is 12.4 Å². The molecule has 1 heterocycles. The fourth-order valence-corrected chi connectivity index (χ4v) is 3.57. The number of rotatable bonds is 5. The minimum atomic E-state index is -4.54. The molecule has 7 heteroatoms. The first kappa shape index (κ1) is 19.9. The van der Waals surface area contributed by atoms with E-state index in [9.17, 15) is 18.0 Å². The maximum absolute atomic E-state index is 13.1. The summed E-state index contributed by atoms with van der Waals surface area (Å²) in [6, 6.07) is 12.4. The van der Waals surface area contributed by atoms with Crippen molar-refractivity contribution in [3.63, 3.8) is 0 Å². The van der Waals surface area contributed by atoms with Crippen molar-refractivity contribution in [1.82, 2.24) is 0 Å². The Morgan fingerprint density at radius 2 is 1.75 bits per heavy atom. The van der Waals surface area contributed by atoms with E-state index in [-0.39, 0.29) is 12.3 Å². The molecule has 1 aromatic heterocycles. The van der Waals surface area contributed by atoms with E-state index in [0.29, 0.717) is 4.88 Å². The molecule has 0 atom stereocenters. The second kappa shape index (κ2) is 8.06. The SMILES string of the molecule is Cc1cccc(C)c1OCc1csc(C(=O)Nc2ccccc2C(F)(F)F)c1. The van der Waals surface area contributed by atoms with Crippen LogP contribution in [0.25, 0.3) is 0 Å². The molecule has 0 saturated carbocycles. The topological polar surface area (TPSA) is 38.3 Å². The van der Waals surface area contributed by atoms with E-state index in [1.807, 2.05) is 32.0 Å². The molecule has 146 valence electrons. The maximum atomic E-state index is 13.1. The van der Waals surface area contributed by atoms with Crippen LogP contribution in [-0.2, 0) is 12.8 Å². The molecule has 2 aromatic carbocycles. The number of anilines is 1. The molecular weight excluding hydrogens is 387 g/mol. The molecule has 0 bridgehead atoms. The summed E-state index contributed by atoms with van der Waals surface area (Å²) in [6.45, 7) is 4.18. The van der Waals surface area contributed by atoms with Gasteiger partial charge in [0.25, 0.3) is 5.91 Å². The highest BCUT2D eigenvalue weighted by Gasteiger charge is 2.33. The molecule has 3 nitrogen and oxygen atoms in total. The molecule has 0 radical (unpaired) electrons. The van der Waals surface area contributed by atoms with Crippen LogP contribution in [0.5, 0.6) is 5.75 Å². The molecule has 0 saturated heterocycles. The molecule has 0 aliphatic heterocycles. The number of alkyl halides is 3. The van der Waals surface area contributed by atoms with Gasteiger partial charge in [-0.1, -0.05) is 30.3 Å². The van der Waals surface area contributed by atoms with Gasteiger partial charge in [-0.05, 0) is 48.6 Å². The van der Waals surface area contributed by atoms with Gasteiger partial charge in [-0.2, -0.15) is 13.2 Å². The minimum absolute atomic E-state index is 0.262. The number of hydrogen-bond acceptors (Lipinski definition) is 3. The van der Waals surface area contributed by atoms with Crippen molar-refractivity contribution < 1.29 is 22.7 Å². The van der Waals surface area contributed by atoms with Crippen LogP contribution in [0, 0.1) is 13.8 Å². The summed E-state index contributed by atoms with van der Waals surface area (Å²) in [4.78, 5) is 12.7. The van der Waals surface area contributed by atoms with Gasteiger partial charge in [-0.25, -0.2) is 0 Å². The summed E-state index contributed by atoms with van der Waals surface area (Å²) in [5.74, 6) is 0.207. The zero-order valence-corrected chi connectivity index (χ0v) is 16.1. The first-order valence-electron chi connectivity index (χ1n) is 8.49. The van der Waals surface area contributed by atoms with Crippen LogP contribution < -0.4 is 10.1 Å². The number of thiophene rings is 1. The molecule has 0 aliphatic rings. The molecular formula is C21H18F3NO2S. The number of halogens is 3. The quantitative estimate of drug-likeness (QED) is 0.548.